The van der Waals surface area contributed by atoms with Gasteiger partial charge in [-0.15, -0.1) is 0 Å². The zero-order valence-electron chi connectivity index (χ0n) is 19.2. The maximum absolute atomic E-state index is 12.7. The number of aromatic nitrogens is 1. The van der Waals surface area contributed by atoms with Gasteiger partial charge in [-0.1, -0.05) is 19.9 Å². The number of amides is 1. The van der Waals surface area contributed by atoms with Gasteiger partial charge in [-0.25, -0.2) is 4.98 Å². The molecule has 8 heteroatoms. The Bertz CT molecular complexity index is 953. The highest BCUT2D eigenvalue weighted by Crippen LogP contribution is 2.37. The molecular formula is C24H33N5O3. The third-order valence-electron chi connectivity index (χ3n) is 4.99. The Morgan fingerprint density at radius 1 is 1.12 bits per heavy atom. The molecule has 0 aliphatic heterocycles. The topological polar surface area (TPSA) is 130 Å². The molecule has 0 atom stereocenters. The van der Waals surface area contributed by atoms with Crippen molar-refractivity contribution in [2.45, 2.75) is 39.5 Å². The standard InChI is InChI=1S/C21H22N4O3.C2H6.CH5N/c1-28-20-14(10-22)3-2-4-16(20)24-17-9-18(25-21(27)13-7-8-13)23-11-15(17)19(26)12-5-6-12;2*1-2/h2-4,9-13,22H,5-8H2,1H3,(H2,23,24,25,27);1-2H3;2H2,1H3. The average Bonchev–Trinajstić information content (AvgIpc) is 3.74. The molecule has 0 unspecified atom stereocenters. The second kappa shape index (κ2) is 12.0. The van der Waals surface area contributed by atoms with Gasteiger partial charge >= 0.3 is 0 Å². The number of Topliss-reactive ketones (excluding diaryl/α,β-unsaturated/α-hetero) is 1. The quantitative estimate of drug-likeness (QED) is 0.357. The van der Waals surface area contributed by atoms with Crippen LogP contribution in [-0.4, -0.2) is 37.0 Å². The number of methoxy groups -OCH3 is 1. The maximum Gasteiger partial charge on any atom is 0.228 e. The Labute approximate surface area is 189 Å². The van der Waals surface area contributed by atoms with E-state index >= 15 is 0 Å². The molecule has 1 aromatic carbocycles. The molecule has 1 amide bonds. The first kappa shape index (κ1) is 25.0. The highest BCUT2D eigenvalue weighted by atomic mass is 16.5. The number of para-hydroxylation sites is 1. The summed E-state index contributed by atoms with van der Waals surface area (Å²) in [4.78, 5) is 29.1. The fraction of sp³-hybridized carbons (Fsp3) is 0.417. The van der Waals surface area contributed by atoms with Gasteiger partial charge in [0.05, 0.1) is 24.0 Å². The smallest absolute Gasteiger partial charge is 0.228 e. The van der Waals surface area contributed by atoms with Gasteiger partial charge in [0, 0.05) is 35.9 Å². The van der Waals surface area contributed by atoms with E-state index in [2.05, 4.69) is 21.4 Å². The van der Waals surface area contributed by atoms with Crippen LogP contribution in [0.1, 0.15) is 55.5 Å². The number of ether oxygens (including phenoxy) is 1. The van der Waals surface area contributed by atoms with Crippen LogP contribution < -0.4 is 21.1 Å². The molecule has 2 aliphatic carbocycles. The zero-order valence-corrected chi connectivity index (χ0v) is 19.2. The first-order valence-corrected chi connectivity index (χ1v) is 11.0. The highest BCUT2D eigenvalue weighted by Gasteiger charge is 2.33. The maximum atomic E-state index is 12.7. The second-order valence-corrected chi connectivity index (χ2v) is 7.21. The largest absolute Gasteiger partial charge is 0.494 e. The number of hydrogen-bond acceptors (Lipinski definition) is 7. The average molecular weight is 440 g/mol. The van der Waals surface area contributed by atoms with Gasteiger partial charge in [0.1, 0.15) is 5.82 Å². The number of rotatable bonds is 8. The lowest BCUT2D eigenvalue weighted by Gasteiger charge is -2.16. The monoisotopic (exact) mass is 439 g/mol. The van der Waals surface area contributed by atoms with Crippen LogP contribution in [0.15, 0.2) is 30.5 Å². The van der Waals surface area contributed by atoms with E-state index in [1.54, 1.807) is 12.1 Å². The molecule has 1 aromatic heterocycles. The minimum absolute atomic E-state index is 0.0388. The first-order valence-electron chi connectivity index (χ1n) is 11.0. The lowest BCUT2D eigenvalue weighted by molar-refractivity contribution is -0.117. The summed E-state index contributed by atoms with van der Waals surface area (Å²) < 4.78 is 5.45. The number of carbonyl (C=O) groups excluding carboxylic acids is 2. The van der Waals surface area contributed by atoms with Crippen molar-refractivity contribution in [2.24, 2.45) is 17.6 Å². The van der Waals surface area contributed by atoms with E-state index in [0.717, 1.165) is 25.7 Å². The lowest BCUT2D eigenvalue weighted by Crippen LogP contribution is -2.15. The van der Waals surface area contributed by atoms with Crippen LogP contribution in [0.4, 0.5) is 17.2 Å². The molecule has 2 fully saturated rings. The van der Waals surface area contributed by atoms with Crippen molar-refractivity contribution in [1.29, 1.82) is 5.41 Å². The van der Waals surface area contributed by atoms with Crippen LogP contribution >= 0.6 is 0 Å². The van der Waals surface area contributed by atoms with Gasteiger partial charge in [0.2, 0.25) is 5.91 Å². The van der Waals surface area contributed by atoms with Crippen molar-refractivity contribution >= 4 is 35.1 Å². The van der Waals surface area contributed by atoms with E-state index < -0.39 is 0 Å². The Morgan fingerprint density at radius 3 is 2.34 bits per heavy atom. The molecule has 32 heavy (non-hydrogen) atoms. The number of hydrogen-bond donors (Lipinski definition) is 4. The minimum Gasteiger partial charge on any atom is -0.494 e. The van der Waals surface area contributed by atoms with Crippen LogP contribution in [0, 0.1) is 17.2 Å². The van der Waals surface area contributed by atoms with E-state index in [0.29, 0.717) is 34.1 Å². The summed E-state index contributed by atoms with van der Waals surface area (Å²) in [7, 11) is 3.04. The summed E-state index contributed by atoms with van der Waals surface area (Å²) in [6.45, 7) is 4.00. The fourth-order valence-corrected chi connectivity index (χ4v) is 3.10. The van der Waals surface area contributed by atoms with Crippen molar-refractivity contribution in [3.8, 4) is 5.75 Å². The molecule has 0 bridgehead atoms. The fourth-order valence-electron chi connectivity index (χ4n) is 3.10. The number of nitrogens with two attached hydrogens (primary N) is 1. The molecule has 0 saturated heterocycles. The van der Waals surface area contributed by atoms with Crippen LogP contribution in [0.5, 0.6) is 5.75 Å². The third-order valence-corrected chi connectivity index (χ3v) is 4.99. The van der Waals surface area contributed by atoms with Gasteiger partial charge in [0.15, 0.2) is 11.5 Å². The Kier molecular flexibility index (Phi) is 9.34. The normalized spacial score (nSPS) is 14.0. The molecule has 0 radical (unpaired) electrons. The number of benzene rings is 1. The molecule has 1 heterocycles. The molecule has 4 rings (SSSR count). The zero-order chi connectivity index (χ0) is 23.7. The van der Waals surface area contributed by atoms with Gasteiger partial charge < -0.3 is 26.5 Å². The van der Waals surface area contributed by atoms with Crippen LogP contribution in [0.2, 0.25) is 0 Å². The van der Waals surface area contributed by atoms with Crippen LogP contribution in [0.3, 0.4) is 0 Å². The van der Waals surface area contributed by atoms with Gasteiger partial charge in [-0.2, -0.15) is 0 Å². The van der Waals surface area contributed by atoms with Gasteiger partial charge in [-0.05, 0) is 44.9 Å². The number of anilines is 3. The van der Waals surface area contributed by atoms with E-state index in [1.807, 2.05) is 26.0 Å². The SMILES string of the molecule is CC.CN.COc1c(C=N)cccc1Nc1cc(NC(=O)C2CC2)ncc1C(=O)C1CC1. The molecule has 2 aliphatic rings. The predicted octanol–water partition coefficient (Wildman–Crippen LogP) is 4.37. The summed E-state index contributed by atoms with van der Waals surface area (Å²) in [5.74, 6) is 1.05. The highest BCUT2D eigenvalue weighted by molar-refractivity contribution is 6.05. The third kappa shape index (κ3) is 6.13. The molecular weight excluding hydrogens is 406 g/mol. The van der Waals surface area contributed by atoms with Crippen molar-refractivity contribution < 1.29 is 14.3 Å². The van der Waals surface area contributed by atoms with Gasteiger partial charge in [0.25, 0.3) is 0 Å². The van der Waals surface area contributed by atoms with Crippen molar-refractivity contribution in [3.63, 3.8) is 0 Å². The number of pyridine rings is 1. The molecule has 8 nitrogen and oxygen atoms in total. The van der Waals surface area contributed by atoms with E-state index in [9.17, 15) is 9.59 Å². The van der Waals surface area contributed by atoms with Crippen LogP contribution in [0.25, 0.3) is 0 Å². The Balaban J connectivity index is 0.000000860. The number of nitrogens with one attached hydrogen (secondary N) is 3. The first-order chi connectivity index (χ1) is 15.6. The summed E-state index contributed by atoms with van der Waals surface area (Å²) in [5.41, 5.74) is 6.82. The Hall–Kier alpha value is -3.26. The molecule has 5 N–H and O–H groups in total. The molecule has 0 spiro atoms. The van der Waals surface area contributed by atoms with Gasteiger partial charge in [-0.3, -0.25) is 9.59 Å². The summed E-state index contributed by atoms with van der Waals surface area (Å²) in [6.07, 6.45) is 6.34. The number of ketones is 1. The second-order valence-electron chi connectivity index (χ2n) is 7.21. The van der Waals surface area contributed by atoms with Crippen molar-refractivity contribution in [2.75, 3.05) is 24.8 Å². The summed E-state index contributed by atoms with van der Waals surface area (Å²) in [6, 6.07) is 7.10. The Morgan fingerprint density at radius 2 is 1.78 bits per heavy atom. The van der Waals surface area contributed by atoms with Crippen molar-refractivity contribution in [1.82, 2.24) is 4.98 Å². The van der Waals surface area contributed by atoms with Crippen LogP contribution in [-0.2, 0) is 4.79 Å². The minimum atomic E-state index is -0.0388. The van der Waals surface area contributed by atoms with E-state index in [-0.39, 0.29) is 23.5 Å². The predicted molar refractivity (Wildman–Crippen MR) is 128 cm³/mol. The number of carbonyl (C=O) groups is 2. The number of nitrogens with zero attached hydrogens (tertiary/aromatic N) is 1. The summed E-state index contributed by atoms with van der Waals surface area (Å²) >= 11 is 0. The van der Waals surface area contributed by atoms with E-state index in [4.69, 9.17) is 10.1 Å². The van der Waals surface area contributed by atoms with Crippen molar-refractivity contribution in [3.05, 3.63) is 41.6 Å². The molecule has 2 saturated carbocycles. The molecule has 2 aromatic rings. The molecule has 172 valence electrons. The lowest BCUT2D eigenvalue weighted by atomic mass is 10.1. The van der Waals surface area contributed by atoms with E-state index in [1.165, 1.54) is 26.6 Å². The summed E-state index contributed by atoms with van der Waals surface area (Å²) in [5, 5.41) is 13.6.